The van der Waals surface area contributed by atoms with E-state index in [1.54, 1.807) is 38.1 Å². The average Bonchev–Trinajstić information content (AvgIpc) is 2.73. The molecule has 162 valence electrons. The Hall–Kier alpha value is -3.18. The van der Waals surface area contributed by atoms with Gasteiger partial charge in [-0.25, -0.2) is 4.98 Å². The molecule has 1 heterocycles. The molecule has 0 atom stereocenters. The molecular weight excluding hydrogens is 390 g/mol. The zero-order chi connectivity index (χ0) is 22.4. The molecule has 3 rings (SSSR count). The Morgan fingerprint density at radius 3 is 2.35 bits per heavy atom. The van der Waals surface area contributed by atoms with Crippen LogP contribution in [0.1, 0.15) is 47.4 Å². The second-order valence-electron chi connectivity index (χ2n) is 8.26. The van der Waals surface area contributed by atoms with E-state index in [0.29, 0.717) is 31.1 Å². The van der Waals surface area contributed by atoms with Gasteiger partial charge in [-0.2, -0.15) is 0 Å². The van der Waals surface area contributed by atoms with Crippen molar-refractivity contribution in [3.63, 3.8) is 0 Å². The Bertz CT molecular complexity index is 1040. The van der Waals surface area contributed by atoms with Crippen LogP contribution in [0.4, 0.5) is 0 Å². The number of hydrogen-bond acceptors (Lipinski definition) is 5. The fourth-order valence-electron chi connectivity index (χ4n) is 3.24. The van der Waals surface area contributed by atoms with Crippen molar-refractivity contribution in [2.24, 2.45) is 0 Å². The molecule has 0 unspecified atom stereocenters. The van der Waals surface area contributed by atoms with Gasteiger partial charge in [-0.3, -0.25) is 4.79 Å². The van der Waals surface area contributed by atoms with Crippen molar-refractivity contribution >= 4 is 6.29 Å². The van der Waals surface area contributed by atoms with Gasteiger partial charge in [-0.15, -0.1) is 0 Å². The number of aliphatic hydroxyl groups is 1. The molecule has 0 aliphatic rings. The maximum atomic E-state index is 10.8. The second kappa shape index (κ2) is 9.75. The van der Waals surface area contributed by atoms with Crippen LogP contribution in [0, 0.1) is 13.8 Å². The predicted molar refractivity (Wildman–Crippen MR) is 122 cm³/mol. The van der Waals surface area contributed by atoms with E-state index in [-0.39, 0.29) is 0 Å². The smallest absolute Gasteiger partial charge is 0.213 e. The summed E-state index contributed by atoms with van der Waals surface area (Å²) < 4.78 is 11.6. The summed E-state index contributed by atoms with van der Waals surface area (Å²) in [6.07, 6.45) is 1.35. The van der Waals surface area contributed by atoms with Crippen molar-refractivity contribution in [2.45, 2.75) is 46.3 Å². The van der Waals surface area contributed by atoms with Crippen LogP contribution in [-0.2, 0) is 6.61 Å². The summed E-state index contributed by atoms with van der Waals surface area (Å²) in [5.74, 6) is 1.28. The number of aryl methyl sites for hydroxylation is 1. The number of carbonyl (C=O) groups is 1. The maximum absolute atomic E-state index is 10.8. The van der Waals surface area contributed by atoms with Gasteiger partial charge in [0.05, 0.1) is 12.2 Å². The summed E-state index contributed by atoms with van der Waals surface area (Å²) in [6, 6.07) is 17.1. The highest BCUT2D eigenvalue weighted by Gasteiger charge is 2.14. The van der Waals surface area contributed by atoms with Gasteiger partial charge < -0.3 is 14.6 Å². The average molecular weight is 420 g/mol. The van der Waals surface area contributed by atoms with Gasteiger partial charge in [0.25, 0.3) is 0 Å². The van der Waals surface area contributed by atoms with E-state index in [1.807, 2.05) is 25.1 Å². The van der Waals surface area contributed by atoms with Gasteiger partial charge in [0.15, 0.2) is 0 Å². The summed E-state index contributed by atoms with van der Waals surface area (Å²) >= 11 is 0. The third-order valence-corrected chi connectivity index (χ3v) is 5.17. The number of aldehydes is 1. The minimum atomic E-state index is -0.759. The number of aromatic nitrogens is 1. The lowest BCUT2D eigenvalue weighted by Gasteiger charge is -2.17. The van der Waals surface area contributed by atoms with E-state index in [2.05, 4.69) is 24.0 Å². The topological polar surface area (TPSA) is 68.7 Å². The molecule has 1 N–H and O–H groups in total. The molecule has 0 radical (unpaired) electrons. The van der Waals surface area contributed by atoms with Crippen LogP contribution in [0.3, 0.4) is 0 Å². The van der Waals surface area contributed by atoms with Gasteiger partial charge >= 0.3 is 0 Å². The van der Waals surface area contributed by atoms with E-state index < -0.39 is 5.60 Å². The summed E-state index contributed by atoms with van der Waals surface area (Å²) in [6.45, 7) is 8.42. The summed E-state index contributed by atoms with van der Waals surface area (Å²) in [5.41, 5.74) is 5.11. The van der Waals surface area contributed by atoms with E-state index in [1.165, 1.54) is 0 Å². The molecule has 0 amide bonds. The minimum Gasteiger partial charge on any atom is -0.489 e. The number of benzene rings is 2. The molecular formula is C26H29NO4. The quantitative estimate of drug-likeness (QED) is 0.477. The minimum absolute atomic E-state index is 0.412. The molecule has 0 saturated heterocycles. The van der Waals surface area contributed by atoms with Crippen LogP contribution >= 0.6 is 0 Å². The van der Waals surface area contributed by atoms with Crippen LogP contribution < -0.4 is 9.47 Å². The summed E-state index contributed by atoms with van der Waals surface area (Å²) in [4.78, 5) is 15.4. The Balaban J connectivity index is 1.73. The van der Waals surface area contributed by atoms with Crippen molar-refractivity contribution in [1.82, 2.24) is 4.98 Å². The van der Waals surface area contributed by atoms with Gasteiger partial charge in [-0.05, 0) is 74.7 Å². The molecule has 1 aromatic heterocycles. The number of ether oxygens (including phenoxy) is 2. The van der Waals surface area contributed by atoms with Gasteiger partial charge in [0, 0.05) is 29.3 Å². The van der Waals surface area contributed by atoms with Crippen molar-refractivity contribution in [2.75, 3.05) is 6.61 Å². The zero-order valence-corrected chi connectivity index (χ0v) is 18.5. The first-order chi connectivity index (χ1) is 14.8. The molecule has 5 nitrogen and oxygen atoms in total. The molecule has 31 heavy (non-hydrogen) atoms. The molecule has 0 fully saturated rings. The number of nitrogens with zero attached hydrogens (tertiary/aromatic N) is 1. The first kappa shape index (κ1) is 22.5. The predicted octanol–water partition coefficient (Wildman–Crippen LogP) is 5.30. The first-order valence-corrected chi connectivity index (χ1v) is 10.4. The number of pyridine rings is 1. The monoisotopic (exact) mass is 419 g/mol. The summed E-state index contributed by atoms with van der Waals surface area (Å²) in [7, 11) is 0. The van der Waals surface area contributed by atoms with Crippen LogP contribution in [0.5, 0.6) is 11.6 Å². The lowest BCUT2D eigenvalue weighted by Crippen LogP contribution is -2.22. The van der Waals surface area contributed by atoms with Crippen LogP contribution in [0.15, 0.2) is 54.6 Å². The fourth-order valence-corrected chi connectivity index (χ4v) is 3.24. The maximum Gasteiger partial charge on any atom is 0.213 e. The van der Waals surface area contributed by atoms with E-state index in [9.17, 15) is 9.90 Å². The molecule has 5 heteroatoms. The third-order valence-electron chi connectivity index (χ3n) is 5.17. The third kappa shape index (κ3) is 6.15. The molecule has 2 aromatic carbocycles. The van der Waals surface area contributed by atoms with Crippen molar-refractivity contribution < 1.29 is 19.4 Å². The molecule has 0 aliphatic heterocycles. The standard InChI is InChI=1S/C26H29NO4/c1-18-21(17-31-22-10-8-20(16-28)9-11-22)6-5-7-23(18)24-12-13-25(27-19(24)2)30-15-14-26(3,4)29/h5-13,16,29H,14-15,17H2,1-4H3. The molecule has 0 aliphatic carbocycles. The Kier molecular flexibility index (Phi) is 7.08. The van der Waals surface area contributed by atoms with Crippen LogP contribution in [0.25, 0.3) is 11.1 Å². The van der Waals surface area contributed by atoms with Crippen LogP contribution in [-0.4, -0.2) is 28.6 Å². The van der Waals surface area contributed by atoms with Gasteiger partial charge in [0.1, 0.15) is 18.6 Å². The lowest BCUT2D eigenvalue weighted by atomic mass is 9.96. The number of carbonyl (C=O) groups excluding carboxylic acids is 1. The molecule has 0 spiro atoms. The Labute approximate surface area is 183 Å². The summed E-state index contributed by atoms with van der Waals surface area (Å²) in [5, 5.41) is 9.82. The second-order valence-corrected chi connectivity index (χ2v) is 8.26. The Morgan fingerprint density at radius 1 is 0.968 bits per heavy atom. The van der Waals surface area contributed by atoms with E-state index in [0.717, 1.165) is 40.0 Å². The molecule has 0 saturated carbocycles. The normalized spacial score (nSPS) is 11.3. The number of hydrogen-bond donors (Lipinski definition) is 1. The Morgan fingerprint density at radius 2 is 1.71 bits per heavy atom. The molecule has 3 aromatic rings. The van der Waals surface area contributed by atoms with E-state index >= 15 is 0 Å². The number of rotatable bonds is 9. The zero-order valence-electron chi connectivity index (χ0n) is 18.5. The van der Waals surface area contributed by atoms with Crippen LogP contribution in [0.2, 0.25) is 0 Å². The van der Waals surface area contributed by atoms with Crippen molar-refractivity contribution in [1.29, 1.82) is 0 Å². The van der Waals surface area contributed by atoms with Gasteiger partial charge in [-0.1, -0.05) is 18.2 Å². The van der Waals surface area contributed by atoms with Gasteiger partial charge in [0.2, 0.25) is 5.88 Å². The first-order valence-electron chi connectivity index (χ1n) is 10.4. The SMILES string of the molecule is Cc1nc(OCCC(C)(C)O)ccc1-c1cccc(COc2ccc(C=O)cc2)c1C. The highest BCUT2D eigenvalue weighted by molar-refractivity contribution is 5.74. The molecule has 0 bridgehead atoms. The highest BCUT2D eigenvalue weighted by atomic mass is 16.5. The van der Waals surface area contributed by atoms with Crippen molar-refractivity contribution in [3.05, 3.63) is 77.0 Å². The largest absolute Gasteiger partial charge is 0.489 e. The highest BCUT2D eigenvalue weighted by Crippen LogP contribution is 2.30. The fraction of sp³-hybridized carbons (Fsp3) is 0.308. The van der Waals surface area contributed by atoms with Crippen molar-refractivity contribution in [3.8, 4) is 22.8 Å². The van der Waals surface area contributed by atoms with E-state index in [4.69, 9.17) is 9.47 Å². The lowest BCUT2D eigenvalue weighted by molar-refractivity contribution is 0.0546.